The smallest absolute Gasteiger partial charge is 0.309 e. The van der Waals surface area contributed by atoms with Gasteiger partial charge in [0.1, 0.15) is 0 Å². The average molecular weight is 259 g/mol. The third kappa shape index (κ3) is 3.13. The zero-order chi connectivity index (χ0) is 12.3. The van der Waals surface area contributed by atoms with Gasteiger partial charge in [-0.25, -0.2) is 9.97 Å². The van der Waals surface area contributed by atoms with Gasteiger partial charge in [0, 0.05) is 17.8 Å². The molecule has 1 aliphatic heterocycles. The van der Waals surface area contributed by atoms with Crippen molar-refractivity contribution >= 4 is 33.8 Å². The molecule has 0 N–H and O–H groups in total. The lowest BCUT2D eigenvalue weighted by atomic mass is 10.2. The lowest BCUT2D eigenvalue weighted by Crippen LogP contribution is -2.24. The number of hydrogen-bond acceptors (Lipinski definition) is 4. The van der Waals surface area contributed by atoms with Crippen molar-refractivity contribution in [3.8, 4) is 0 Å². The Morgan fingerprint density at radius 1 is 1.53 bits per heavy atom. The van der Waals surface area contributed by atoms with E-state index in [1.54, 1.807) is 11.8 Å². The highest BCUT2D eigenvalue weighted by molar-refractivity contribution is 7.98. The Morgan fingerprint density at radius 2 is 2.35 bits per heavy atom. The van der Waals surface area contributed by atoms with Crippen LogP contribution in [0.4, 0.5) is 0 Å². The van der Waals surface area contributed by atoms with Crippen LogP contribution in [0.25, 0.3) is 5.57 Å². The Hall–Kier alpha value is -0.758. The summed E-state index contributed by atoms with van der Waals surface area (Å²) in [6, 6.07) is 2.44. The van der Waals surface area contributed by atoms with Crippen molar-refractivity contribution in [1.82, 2.24) is 13.9 Å². The topological polar surface area (TPSA) is 29.0 Å². The maximum atomic E-state index is 4.51. The van der Waals surface area contributed by atoms with E-state index >= 15 is 0 Å². The number of hydrogen-bond donors (Lipinski definition) is 0. The van der Waals surface area contributed by atoms with Gasteiger partial charge in [-0.1, -0.05) is 23.9 Å². The molecule has 3 nitrogen and oxygen atoms in total. The van der Waals surface area contributed by atoms with Crippen molar-refractivity contribution in [3.05, 3.63) is 36.3 Å². The summed E-state index contributed by atoms with van der Waals surface area (Å²) in [6.07, 6.45) is 11.3. The predicted octanol–water partition coefficient (Wildman–Crippen LogP) is 2.27. The van der Waals surface area contributed by atoms with Crippen LogP contribution in [0, 0.1) is 0 Å². The summed E-state index contributed by atoms with van der Waals surface area (Å²) in [5.41, 5.74) is 2.10. The molecule has 1 aliphatic rings. The number of nitrogens with zero attached hydrogens (tertiary/aromatic N) is 3. The highest BCUT2D eigenvalue weighted by Gasteiger charge is 2.09. The molecule has 0 amide bonds. The summed E-state index contributed by atoms with van der Waals surface area (Å²) >= 11 is 4.31. The number of aromatic nitrogens is 2. The zero-order valence-corrected chi connectivity index (χ0v) is 12.0. The molecule has 1 aromatic heterocycles. The molecular formula is C12H14AlN3S. The minimum atomic E-state index is 0.496. The summed E-state index contributed by atoms with van der Waals surface area (Å²) in [5.74, 6) is 0. The lowest BCUT2D eigenvalue weighted by Gasteiger charge is -2.23. The first-order valence-corrected chi connectivity index (χ1v) is 7.23. The van der Waals surface area contributed by atoms with Crippen LogP contribution in [0.15, 0.2) is 35.8 Å². The van der Waals surface area contributed by atoms with Gasteiger partial charge in [-0.05, 0) is 31.9 Å². The van der Waals surface area contributed by atoms with Crippen molar-refractivity contribution in [2.75, 3.05) is 6.26 Å². The summed E-state index contributed by atoms with van der Waals surface area (Å²) < 4.78 is 2.15. The fraction of sp³-hybridized carbons (Fsp3) is 0.333. The maximum absolute atomic E-state index is 4.51. The van der Waals surface area contributed by atoms with Gasteiger partial charge >= 0.3 is 16.5 Å². The van der Waals surface area contributed by atoms with Gasteiger partial charge in [-0.2, -0.15) is 0 Å². The molecule has 0 spiro atoms. The van der Waals surface area contributed by atoms with Crippen LogP contribution in [0.3, 0.4) is 0 Å². The van der Waals surface area contributed by atoms with Gasteiger partial charge < -0.3 is 3.88 Å². The van der Waals surface area contributed by atoms with Crippen molar-refractivity contribution in [2.24, 2.45) is 0 Å². The molecule has 0 bridgehead atoms. The van der Waals surface area contributed by atoms with E-state index in [0.29, 0.717) is 6.04 Å². The second-order valence-corrected chi connectivity index (χ2v) is 5.32. The molecule has 0 aromatic carbocycles. The average Bonchev–Trinajstić information content (AvgIpc) is 2.52. The molecule has 2 heterocycles. The maximum Gasteiger partial charge on any atom is 0.309 e. The second kappa shape index (κ2) is 5.72. The first-order valence-electron chi connectivity index (χ1n) is 5.49. The second-order valence-electron chi connectivity index (χ2n) is 3.95. The summed E-state index contributed by atoms with van der Waals surface area (Å²) in [7, 11) is 0. The molecule has 1 aromatic rings. The van der Waals surface area contributed by atoms with Crippen LogP contribution in [0.5, 0.6) is 0 Å². The van der Waals surface area contributed by atoms with Crippen molar-refractivity contribution < 1.29 is 0 Å². The standard InChI is InChI=1S/C12H14N3S.Al/c1-9-4-3-5-10(8-14-9)11-6-7-13-12(15-11)16-2;/h3,5-9H,4H2,1-2H3;/q-1;+1. The first-order chi connectivity index (χ1) is 8.20. The molecule has 86 valence electrons. The largest absolute Gasteiger partial charge is 0.482 e. The van der Waals surface area contributed by atoms with Gasteiger partial charge in [-0.3, -0.25) is 0 Å². The fourth-order valence-electron chi connectivity index (χ4n) is 1.60. The Bertz CT molecular complexity index is 459. The minimum Gasteiger partial charge on any atom is -0.482 e. The van der Waals surface area contributed by atoms with E-state index in [9.17, 15) is 0 Å². The van der Waals surface area contributed by atoms with Crippen LogP contribution < -0.4 is 0 Å². The van der Waals surface area contributed by atoms with Crippen LogP contribution in [0.1, 0.15) is 19.0 Å². The zero-order valence-electron chi connectivity index (χ0n) is 10.00. The molecule has 17 heavy (non-hydrogen) atoms. The van der Waals surface area contributed by atoms with E-state index < -0.39 is 0 Å². The summed E-state index contributed by atoms with van der Waals surface area (Å²) in [4.78, 5) is 8.70. The molecule has 0 saturated carbocycles. The van der Waals surface area contributed by atoms with E-state index in [4.69, 9.17) is 0 Å². The summed E-state index contributed by atoms with van der Waals surface area (Å²) in [6.45, 7) is 2.20. The van der Waals surface area contributed by atoms with E-state index in [2.05, 4.69) is 55.6 Å². The lowest BCUT2D eigenvalue weighted by molar-refractivity contribution is 0.466. The van der Waals surface area contributed by atoms with Gasteiger partial charge in [0.05, 0.1) is 5.69 Å². The van der Waals surface area contributed by atoms with E-state index in [1.165, 1.54) is 0 Å². The third-order valence-corrected chi connectivity index (χ3v) is 3.90. The van der Waals surface area contributed by atoms with E-state index in [-0.39, 0.29) is 0 Å². The van der Waals surface area contributed by atoms with Crippen molar-refractivity contribution in [1.29, 1.82) is 0 Å². The Morgan fingerprint density at radius 3 is 3.12 bits per heavy atom. The van der Waals surface area contributed by atoms with Gasteiger partial charge in [0.15, 0.2) is 5.16 Å². The third-order valence-electron chi connectivity index (χ3n) is 2.68. The molecule has 2 rings (SSSR count). The molecule has 5 heteroatoms. The first kappa shape index (κ1) is 12.7. The van der Waals surface area contributed by atoms with Crippen LogP contribution in [-0.2, 0) is 0 Å². The highest BCUT2D eigenvalue weighted by atomic mass is 32.2. The van der Waals surface area contributed by atoms with Crippen LogP contribution >= 0.6 is 11.8 Å². The fourth-order valence-corrected chi connectivity index (χ4v) is 2.23. The molecule has 2 radical (unpaired) electrons. The molecule has 0 aliphatic carbocycles. The molecule has 0 saturated heterocycles. The SMILES string of the molecule is CSc1nccc(C2=C[N]([Al])C(C)CC=C2)n1. The highest BCUT2D eigenvalue weighted by Crippen LogP contribution is 2.20. The Balaban J connectivity index is 2.34. The van der Waals surface area contributed by atoms with Gasteiger partial charge in [-0.15, -0.1) is 0 Å². The Kier molecular flexibility index (Phi) is 4.27. The monoisotopic (exact) mass is 259 g/mol. The molecule has 1 atom stereocenters. The van der Waals surface area contributed by atoms with Crippen LogP contribution in [-0.4, -0.2) is 42.7 Å². The quantitative estimate of drug-likeness (QED) is 0.463. The molecular weight excluding hydrogens is 245 g/mol. The van der Waals surface area contributed by atoms with Gasteiger partial charge in [0.25, 0.3) is 0 Å². The Labute approximate surface area is 115 Å². The van der Waals surface area contributed by atoms with Crippen molar-refractivity contribution in [3.63, 3.8) is 0 Å². The van der Waals surface area contributed by atoms with E-state index in [0.717, 1.165) is 22.8 Å². The summed E-state index contributed by atoms with van der Waals surface area (Å²) in [5, 5.41) is 0.810. The number of allylic oxidation sites excluding steroid dienone is 2. The number of rotatable bonds is 2. The minimum absolute atomic E-state index is 0.496. The van der Waals surface area contributed by atoms with Crippen LogP contribution in [0.2, 0.25) is 0 Å². The van der Waals surface area contributed by atoms with E-state index in [1.807, 2.05) is 18.5 Å². The molecule has 0 fully saturated rings. The van der Waals surface area contributed by atoms with Crippen molar-refractivity contribution in [2.45, 2.75) is 24.5 Å². The normalized spacial score (nSPS) is 20.0. The predicted molar refractivity (Wildman–Crippen MR) is 72.6 cm³/mol. The van der Waals surface area contributed by atoms with Gasteiger partial charge in [0.2, 0.25) is 0 Å². The molecule has 1 unspecified atom stereocenters. The number of thioether (sulfide) groups is 1.